The molecule has 3 nitrogen and oxygen atoms in total. The van der Waals surface area contributed by atoms with Crippen molar-refractivity contribution in [1.29, 1.82) is 0 Å². The molecule has 1 unspecified atom stereocenters. The van der Waals surface area contributed by atoms with Gasteiger partial charge in [-0.1, -0.05) is 26.3 Å². The van der Waals surface area contributed by atoms with Gasteiger partial charge in [0.15, 0.2) is 11.5 Å². The molecule has 0 aromatic heterocycles. The summed E-state index contributed by atoms with van der Waals surface area (Å²) in [5, 5.41) is 3.63. The van der Waals surface area contributed by atoms with Gasteiger partial charge in [-0.15, -0.1) is 0 Å². The van der Waals surface area contributed by atoms with Crippen molar-refractivity contribution in [2.45, 2.75) is 51.5 Å². The van der Waals surface area contributed by atoms with E-state index in [2.05, 4.69) is 25.2 Å². The largest absolute Gasteiger partial charge is 0.493 e. The van der Waals surface area contributed by atoms with Crippen molar-refractivity contribution in [2.24, 2.45) is 0 Å². The van der Waals surface area contributed by atoms with Crippen molar-refractivity contribution in [2.75, 3.05) is 20.8 Å². The zero-order valence-corrected chi connectivity index (χ0v) is 13.2. The maximum Gasteiger partial charge on any atom is 0.164 e. The van der Waals surface area contributed by atoms with Crippen LogP contribution < -0.4 is 14.8 Å². The summed E-state index contributed by atoms with van der Waals surface area (Å²) in [5.41, 5.74) is 2.68. The van der Waals surface area contributed by atoms with Crippen LogP contribution in [0.2, 0.25) is 0 Å². The molecule has 1 aliphatic heterocycles. The van der Waals surface area contributed by atoms with E-state index in [4.69, 9.17) is 9.47 Å². The van der Waals surface area contributed by atoms with Crippen molar-refractivity contribution in [3.63, 3.8) is 0 Å². The lowest BCUT2D eigenvalue weighted by Crippen LogP contribution is -2.36. The van der Waals surface area contributed by atoms with Crippen LogP contribution in [0.4, 0.5) is 0 Å². The zero-order chi connectivity index (χ0) is 14.5. The highest BCUT2D eigenvalue weighted by atomic mass is 16.5. The van der Waals surface area contributed by atoms with Crippen LogP contribution >= 0.6 is 0 Å². The number of hydrogen-bond acceptors (Lipinski definition) is 3. The fourth-order valence-corrected chi connectivity index (χ4v) is 3.10. The van der Waals surface area contributed by atoms with Gasteiger partial charge in [-0.2, -0.15) is 0 Å². The van der Waals surface area contributed by atoms with Gasteiger partial charge in [-0.05, 0) is 43.4 Å². The minimum absolute atomic E-state index is 0.494. The van der Waals surface area contributed by atoms with Crippen molar-refractivity contribution in [1.82, 2.24) is 5.32 Å². The second-order valence-electron chi connectivity index (χ2n) is 5.87. The quantitative estimate of drug-likeness (QED) is 0.893. The second kappa shape index (κ2) is 6.98. The summed E-state index contributed by atoms with van der Waals surface area (Å²) in [6.07, 6.45) is 4.88. The molecule has 1 N–H and O–H groups in total. The highest BCUT2D eigenvalue weighted by Gasteiger charge is 2.21. The van der Waals surface area contributed by atoms with E-state index >= 15 is 0 Å². The first-order valence-corrected chi connectivity index (χ1v) is 7.64. The van der Waals surface area contributed by atoms with Crippen LogP contribution in [-0.2, 0) is 6.42 Å². The third-order valence-corrected chi connectivity index (χ3v) is 4.17. The average Bonchev–Trinajstić information content (AvgIpc) is 2.47. The average molecular weight is 277 g/mol. The Morgan fingerprint density at radius 3 is 2.55 bits per heavy atom. The Bertz CT molecular complexity index is 437. The molecule has 2 rings (SSSR count). The van der Waals surface area contributed by atoms with E-state index in [1.165, 1.54) is 30.4 Å². The number of ether oxygens (including phenoxy) is 2. The Hall–Kier alpha value is -1.22. The molecule has 1 heterocycles. The molecule has 20 heavy (non-hydrogen) atoms. The Balaban J connectivity index is 2.34. The summed E-state index contributed by atoms with van der Waals surface area (Å²) in [7, 11) is 3.44. The molecule has 0 saturated carbocycles. The maximum atomic E-state index is 5.65. The molecular formula is C17H27NO2. The Labute approximate surface area is 122 Å². The molecule has 1 atom stereocenters. The van der Waals surface area contributed by atoms with Gasteiger partial charge in [-0.3, -0.25) is 0 Å². The summed E-state index contributed by atoms with van der Waals surface area (Å²) in [6, 6.07) is 4.76. The van der Waals surface area contributed by atoms with Gasteiger partial charge < -0.3 is 14.8 Å². The Morgan fingerprint density at radius 1 is 1.20 bits per heavy atom. The molecule has 1 aromatic carbocycles. The van der Waals surface area contributed by atoms with Gasteiger partial charge >= 0.3 is 0 Å². The molecule has 1 aromatic rings. The molecule has 0 spiro atoms. The minimum atomic E-state index is 0.494. The highest BCUT2D eigenvalue weighted by molar-refractivity contribution is 5.52. The van der Waals surface area contributed by atoms with Gasteiger partial charge in [0.1, 0.15) is 0 Å². The molecule has 0 radical (unpaired) electrons. The smallest absolute Gasteiger partial charge is 0.164 e. The lowest BCUT2D eigenvalue weighted by Gasteiger charge is -2.26. The zero-order valence-electron chi connectivity index (χ0n) is 13.2. The predicted molar refractivity (Wildman–Crippen MR) is 83.0 cm³/mol. The summed E-state index contributed by atoms with van der Waals surface area (Å²) in [6.45, 7) is 5.60. The SMILES string of the molecule is COc1ccc(C(C)C)c(CC2CCCCN2)c1OC. The van der Waals surface area contributed by atoms with E-state index in [0.717, 1.165) is 24.5 Å². The van der Waals surface area contributed by atoms with E-state index < -0.39 is 0 Å². The number of benzene rings is 1. The number of piperidine rings is 1. The van der Waals surface area contributed by atoms with Gasteiger partial charge in [0.25, 0.3) is 0 Å². The molecule has 1 saturated heterocycles. The van der Waals surface area contributed by atoms with E-state index in [9.17, 15) is 0 Å². The highest BCUT2D eigenvalue weighted by Crippen LogP contribution is 2.37. The van der Waals surface area contributed by atoms with Crippen LogP contribution in [0.25, 0.3) is 0 Å². The van der Waals surface area contributed by atoms with Gasteiger partial charge in [-0.25, -0.2) is 0 Å². The molecule has 112 valence electrons. The van der Waals surface area contributed by atoms with E-state index in [-0.39, 0.29) is 0 Å². The lowest BCUT2D eigenvalue weighted by molar-refractivity contribution is 0.344. The van der Waals surface area contributed by atoms with E-state index in [0.29, 0.717) is 12.0 Å². The molecular weight excluding hydrogens is 250 g/mol. The van der Waals surface area contributed by atoms with Gasteiger partial charge in [0, 0.05) is 11.6 Å². The molecule has 0 bridgehead atoms. The second-order valence-corrected chi connectivity index (χ2v) is 5.87. The first kappa shape index (κ1) is 15.2. The molecule has 3 heteroatoms. The lowest BCUT2D eigenvalue weighted by atomic mass is 9.89. The van der Waals surface area contributed by atoms with Gasteiger partial charge in [0.05, 0.1) is 14.2 Å². The molecule has 1 aliphatic rings. The third-order valence-electron chi connectivity index (χ3n) is 4.17. The van der Waals surface area contributed by atoms with E-state index in [1.807, 2.05) is 6.07 Å². The van der Waals surface area contributed by atoms with Crippen LogP contribution in [0.15, 0.2) is 12.1 Å². The fraction of sp³-hybridized carbons (Fsp3) is 0.647. The predicted octanol–water partition coefficient (Wildman–Crippen LogP) is 3.51. The number of nitrogens with one attached hydrogen (secondary N) is 1. The Morgan fingerprint density at radius 2 is 2.00 bits per heavy atom. The van der Waals surface area contributed by atoms with Crippen molar-refractivity contribution in [3.8, 4) is 11.5 Å². The molecule has 1 fully saturated rings. The Kier molecular flexibility index (Phi) is 5.30. The van der Waals surface area contributed by atoms with Crippen LogP contribution in [0.3, 0.4) is 0 Å². The van der Waals surface area contributed by atoms with Crippen molar-refractivity contribution >= 4 is 0 Å². The number of rotatable bonds is 5. The summed E-state index contributed by atoms with van der Waals surface area (Å²) < 4.78 is 11.1. The first-order valence-electron chi connectivity index (χ1n) is 7.64. The minimum Gasteiger partial charge on any atom is -0.493 e. The fourth-order valence-electron chi connectivity index (χ4n) is 3.10. The normalized spacial score (nSPS) is 19.1. The van der Waals surface area contributed by atoms with Crippen LogP contribution in [0, 0.1) is 0 Å². The summed E-state index contributed by atoms with van der Waals surface area (Å²) in [4.78, 5) is 0. The van der Waals surface area contributed by atoms with Crippen molar-refractivity contribution in [3.05, 3.63) is 23.3 Å². The van der Waals surface area contributed by atoms with Crippen LogP contribution in [0.5, 0.6) is 11.5 Å². The molecule has 0 aliphatic carbocycles. The summed E-state index contributed by atoms with van der Waals surface area (Å²) in [5.74, 6) is 2.24. The summed E-state index contributed by atoms with van der Waals surface area (Å²) >= 11 is 0. The standard InChI is InChI=1S/C17H27NO2/c1-12(2)14-8-9-16(19-3)17(20-4)15(14)11-13-7-5-6-10-18-13/h8-9,12-13,18H,5-7,10-11H2,1-4H3. The van der Waals surface area contributed by atoms with E-state index in [1.54, 1.807) is 14.2 Å². The monoisotopic (exact) mass is 277 g/mol. The first-order chi connectivity index (χ1) is 9.67. The third kappa shape index (κ3) is 3.26. The van der Waals surface area contributed by atoms with Crippen LogP contribution in [-0.4, -0.2) is 26.8 Å². The van der Waals surface area contributed by atoms with Crippen molar-refractivity contribution < 1.29 is 9.47 Å². The topological polar surface area (TPSA) is 30.5 Å². The van der Waals surface area contributed by atoms with Gasteiger partial charge in [0.2, 0.25) is 0 Å². The number of hydrogen-bond donors (Lipinski definition) is 1. The maximum absolute atomic E-state index is 5.65. The number of methoxy groups -OCH3 is 2. The molecule has 0 amide bonds. The van der Waals surface area contributed by atoms with Crippen LogP contribution in [0.1, 0.15) is 50.2 Å².